The molecular weight excluding hydrogens is 200 g/mol. The van der Waals surface area contributed by atoms with Crippen molar-refractivity contribution in [2.45, 2.75) is 19.4 Å². The molecule has 0 aliphatic rings. The molecule has 0 aromatic carbocycles. The summed E-state index contributed by atoms with van der Waals surface area (Å²) in [5.74, 6) is -0.0908. The lowest BCUT2D eigenvalue weighted by molar-refractivity contribution is -0.894. The molecule has 0 rings (SSSR count). The molecule has 0 radical (unpaired) electrons. The Morgan fingerprint density at radius 3 is 2.29 bits per heavy atom. The van der Waals surface area contributed by atoms with Crippen LogP contribution in [0.25, 0.3) is 0 Å². The summed E-state index contributed by atoms with van der Waals surface area (Å²) in [6.07, 6.45) is 2.36. The third-order valence-corrected chi connectivity index (χ3v) is 2.26. The van der Waals surface area contributed by atoms with E-state index in [1.807, 2.05) is 0 Å². The van der Waals surface area contributed by atoms with Crippen molar-refractivity contribution in [2.75, 3.05) is 27.7 Å². The van der Waals surface area contributed by atoms with Gasteiger partial charge < -0.3 is 22.2 Å². The quantitative estimate of drug-likeness (QED) is 0.413. The number of nitrogens with zero attached hydrogens (tertiary/aromatic N) is 1. The molecule has 0 bridgehead atoms. The number of hydrogen-bond acceptors (Lipinski definition) is 1. The van der Waals surface area contributed by atoms with Crippen molar-refractivity contribution < 1.29 is 21.7 Å². The molecule has 1 atom stereocenters. The number of carbonyl (C=O) groups excluding carboxylic acids is 1. The van der Waals surface area contributed by atoms with E-state index in [2.05, 4.69) is 40.0 Å². The molecule has 0 fully saturated rings. The Hall–Kier alpha value is -0.540. The molecule has 84 valence electrons. The number of halogens is 1. The summed E-state index contributed by atoms with van der Waals surface area (Å²) in [6.45, 7) is 6.26. The van der Waals surface area contributed by atoms with Crippen molar-refractivity contribution in [1.29, 1.82) is 0 Å². The molecule has 0 spiro atoms. The van der Waals surface area contributed by atoms with E-state index >= 15 is 0 Å². The first-order chi connectivity index (χ1) is 5.91. The maximum Gasteiger partial charge on any atom is 0.243 e. The number of likely N-dealkylation sites (N-methyl/N-ethyl adjacent to an activating group) is 1. The molecule has 3 nitrogen and oxygen atoms in total. The standard InChI is InChI=1S/C10H20N2O.ClH/c1-6-9(12(3,4)5)8-11-10(13)7-2;/h7,9H,2,6,8H2,1,3-5H3;1H. The number of hydrogen-bond donors (Lipinski definition) is 1. The molecule has 1 N–H and O–H groups in total. The second-order valence-electron chi connectivity index (χ2n) is 4.13. The first kappa shape index (κ1) is 15.9. The fourth-order valence-corrected chi connectivity index (χ4v) is 1.26. The van der Waals surface area contributed by atoms with Gasteiger partial charge in [0.25, 0.3) is 0 Å². The van der Waals surface area contributed by atoms with Crippen LogP contribution >= 0.6 is 0 Å². The van der Waals surface area contributed by atoms with E-state index in [0.29, 0.717) is 12.6 Å². The van der Waals surface area contributed by atoms with Crippen molar-refractivity contribution in [3.8, 4) is 0 Å². The molecule has 1 amide bonds. The smallest absolute Gasteiger partial charge is 0.243 e. The maximum absolute atomic E-state index is 10.9. The predicted molar refractivity (Wildman–Crippen MR) is 55.3 cm³/mol. The molecule has 0 heterocycles. The highest BCUT2D eigenvalue weighted by Crippen LogP contribution is 2.05. The summed E-state index contributed by atoms with van der Waals surface area (Å²) in [5, 5.41) is 2.82. The Bertz CT molecular complexity index is 187. The van der Waals surface area contributed by atoms with E-state index in [1.54, 1.807) is 0 Å². The van der Waals surface area contributed by atoms with Crippen LogP contribution in [0.3, 0.4) is 0 Å². The van der Waals surface area contributed by atoms with Crippen LogP contribution < -0.4 is 17.7 Å². The molecule has 0 aromatic rings. The van der Waals surface area contributed by atoms with Crippen LogP contribution in [-0.2, 0) is 4.79 Å². The number of carbonyl (C=O) groups is 1. The maximum atomic E-state index is 10.9. The van der Waals surface area contributed by atoms with Crippen LogP contribution in [0.2, 0.25) is 0 Å². The van der Waals surface area contributed by atoms with E-state index in [4.69, 9.17) is 0 Å². The highest BCUT2D eigenvalue weighted by Gasteiger charge is 2.21. The monoisotopic (exact) mass is 220 g/mol. The van der Waals surface area contributed by atoms with Gasteiger partial charge in [0.2, 0.25) is 5.91 Å². The fourth-order valence-electron chi connectivity index (χ4n) is 1.26. The lowest BCUT2D eigenvalue weighted by Crippen LogP contribution is -3.00. The Kier molecular flexibility index (Phi) is 7.78. The number of rotatable bonds is 5. The topological polar surface area (TPSA) is 29.1 Å². The van der Waals surface area contributed by atoms with Crippen LogP contribution in [0, 0.1) is 0 Å². The lowest BCUT2D eigenvalue weighted by atomic mass is 10.2. The van der Waals surface area contributed by atoms with E-state index in [9.17, 15) is 4.79 Å². The zero-order valence-electron chi connectivity index (χ0n) is 9.51. The average Bonchev–Trinajstić information content (AvgIpc) is 2.02. The minimum atomic E-state index is -0.0908. The number of quaternary nitrogens is 1. The SMILES string of the molecule is C=CC(=O)NCC(CC)[N+](C)(C)C.[Cl-]. The van der Waals surface area contributed by atoms with Gasteiger partial charge in [-0.3, -0.25) is 4.79 Å². The van der Waals surface area contributed by atoms with Gasteiger partial charge in [-0.15, -0.1) is 0 Å². The molecule has 0 saturated heterocycles. The van der Waals surface area contributed by atoms with Gasteiger partial charge in [-0.25, -0.2) is 0 Å². The molecule has 0 aliphatic heterocycles. The van der Waals surface area contributed by atoms with Crippen molar-refractivity contribution in [3.05, 3.63) is 12.7 Å². The van der Waals surface area contributed by atoms with Crippen LogP contribution in [0.15, 0.2) is 12.7 Å². The zero-order chi connectivity index (χ0) is 10.5. The van der Waals surface area contributed by atoms with Gasteiger partial charge in [0.15, 0.2) is 0 Å². The van der Waals surface area contributed by atoms with Crippen LogP contribution in [0.5, 0.6) is 0 Å². The summed E-state index contributed by atoms with van der Waals surface area (Å²) in [7, 11) is 6.40. The molecule has 14 heavy (non-hydrogen) atoms. The first-order valence-electron chi connectivity index (χ1n) is 4.63. The van der Waals surface area contributed by atoms with Crippen molar-refractivity contribution in [3.63, 3.8) is 0 Å². The fraction of sp³-hybridized carbons (Fsp3) is 0.700. The highest BCUT2D eigenvalue weighted by molar-refractivity contribution is 5.86. The normalized spacial score (nSPS) is 12.6. The molecule has 0 aromatic heterocycles. The van der Waals surface area contributed by atoms with E-state index in [0.717, 1.165) is 10.9 Å². The Morgan fingerprint density at radius 2 is 2.00 bits per heavy atom. The van der Waals surface area contributed by atoms with E-state index in [-0.39, 0.29) is 18.3 Å². The van der Waals surface area contributed by atoms with Gasteiger partial charge in [-0.1, -0.05) is 13.5 Å². The lowest BCUT2D eigenvalue weighted by Gasteiger charge is -2.33. The summed E-state index contributed by atoms with van der Waals surface area (Å²) in [4.78, 5) is 10.9. The van der Waals surface area contributed by atoms with Gasteiger partial charge >= 0.3 is 0 Å². The molecule has 4 heteroatoms. The first-order valence-corrected chi connectivity index (χ1v) is 4.63. The Labute approximate surface area is 93.2 Å². The Balaban J connectivity index is 0. The largest absolute Gasteiger partial charge is 1.00 e. The summed E-state index contributed by atoms with van der Waals surface area (Å²) >= 11 is 0. The second-order valence-corrected chi connectivity index (χ2v) is 4.13. The van der Waals surface area contributed by atoms with Crippen LogP contribution in [0.1, 0.15) is 13.3 Å². The van der Waals surface area contributed by atoms with Gasteiger partial charge in [0.05, 0.1) is 27.7 Å². The van der Waals surface area contributed by atoms with Crippen molar-refractivity contribution in [1.82, 2.24) is 5.32 Å². The third kappa shape index (κ3) is 6.00. The van der Waals surface area contributed by atoms with E-state index < -0.39 is 0 Å². The molecular formula is C10H21ClN2O. The molecule has 0 aliphatic carbocycles. The molecule has 1 unspecified atom stereocenters. The van der Waals surface area contributed by atoms with Gasteiger partial charge in [-0.05, 0) is 12.5 Å². The Morgan fingerprint density at radius 1 is 1.50 bits per heavy atom. The predicted octanol–water partition coefficient (Wildman–Crippen LogP) is -2.22. The highest BCUT2D eigenvalue weighted by atomic mass is 35.5. The number of amides is 1. The summed E-state index contributed by atoms with van der Waals surface area (Å²) in [6, 6.07) is 0.462. The van der Waals surface area contributed by atoms with E-state index in [1.165, 1.54) is 6.08 Å². The van der Waals surface area contributed by atoms with Crippen molar-refractivity contribution in [2.24, 2.45) is 0 Å². The molecule has 0 saturated carbocycles. The minimum absolute atomic E-state index is 0. The van der Waals surface area contributed by atoms with Gasteiger partial charge in [-0.2, -0.15) is 0 Å². The van der Waals surface area contributed by atoms with Gasteiger partial charge in [0, 0.05) is 0 Å². The minimum Gasteiger partial charge on any atom is -1.00 e. The van der Waals surface area contributed by atoms with Crippen LogP contribution in [0.4, 0.5) is 0 Å². The zero-order valence-corrected chi connectivity index (χ0v) is 10.3. The van der Waals surface area contributed by atoms with Crippen molar-refractivity contribution >= 4 is 5.91 Å². The average molecular weight is 221 g/mol. The summed E-state index contributed by atoms with van der Waals surface area (Å²) in [5.41, 5.74) is 0. The summed E-state index contributed by atoms with van der Waals surface area (Å²) < 4.78 is 0.869. The van der Waals surface area contributed by atoms with Crippen LogP contribution in [-0.4, -0.2) is 44.1 Å². The number of nitrogens with one attached hydrogen (secondary N) is 1. The second kappa shape index (κ2) is 6.85. The third-order valence-electron chi connectivity index (χ3n) is 2.26. The van der Waals surface area contributed by atoms with Gasteiger partial charge in [0.1, 0.15) is 6.04 Å².